The summed E-state index contributed by atoms with van der Waals surface area (Å²) in [6, 6.07) is 20.7. The maximum atomic E-state index is 9.64. The third-order valence-electron chi connectivity index (χ3n) is 3.80. The van der Waals surface area contributed by atoms with Gasteiger partial charge < -0.3 is 4.74 Å². The Morgan fingerprint density at radius 2 is 1.72 bits per heavy atom. The molecule has 0 amide bonds. The molecule has 2 nitrogen and oxygen atoms in total. The van der Waals surface area contributed by atoms with Gasteiger partial charge in [0, 0.05) is 0 Å². The fourth-order valence-corrected chi connectivity index (χ4v) is 4.78. The molecule has 0 radical (unpaired) electrons. The summed E-state index contributed by atoms with van der Waals surface area (Å²) in [7, 11) is 0. The largest absolute Gasteiger partial charge is 0.492 e. The first-order chi connectivity index (χ1) is 12.1. The summed E-state index contributed by atoms with van der Waals surface area (Å²) in [5.41, 5.74) is 2.59. The molecule has 0 fully saturated rings. The van der Waals surface area contributed by atoms with Gasteiger partial charge in [0.2, 0.25) is 0 Å². The lowest BCUT2D eigenvalue weighted by Gasteiger charge is -2.10. The molecule has 124 valence electrons. The highest BCUT2D eigenvalue weighted by molar-refractivity contribution is 14.1. The monoisotopic (exact) mass is 551 g/mol. The molecule has 0 unspecified atom stereocenters. The molecule has 0 aliphatic heterocycles. The van der Waals surface area contributed by atoms with Crippen molar-refractivity contribution in [3.05, 3.63) is 72.9 Å². The number of halogens is 2. The number of hydrogen-bond donors (Lipinski definition) is 0. The van der Waals surface area contributed by atoms with E-state index < -0.39 is 0 Å². The quantitative estimate of drug-likeness (QED) is 0.211. The Bertz CT molecular complexity index is 979. The van der Waals surface area contributed by atoms with Crippen molar-refractivity contribution >= 4 is 67.6 Å². The highest BCUT2D eigenvalue weighted by Crippen LogP contribution is 2.31. The van der Waals surface area contributed by atoms with Crippen LogP contribution in [0.5, 0.6) is 5.75 Å². The number of ether oxygens (including phenoxy) is 1. The minimum Gasteiger partial charge on any atom is -0.492 e. The number of benzene rings is 3. The van der Waals surface area contributed by atoms with Gasteiger partial charge in [-0.25, -0.2) is 0 Å². The fourth-order valence-electron chi connectivity index (χ4n) is 2.65. The average Bonchev–Trinajstić information content (AvgIpc) is 2.62. The Labute approximate surface area is 174 Å². The highest BCUT2D eigenvalue weighted by atomic mass is 127. The fraction of sp³-hybridized carbons (Fsp3) is 0.0952. The predicted molar refractivity (Wildman–Crippen MR) is 120 cm³/mol. The zero-order valence-corrected chi connectivity index (χ0v) is 17.9. The van der Waals surface area contributed by atoms with Gasteiger partial charge in [0.1, 0.15) is 5.75 Å². The number of fused-ring (bicyclic) bond motifs is 1. The Balaban J connectivity index is 2.04. The van der Waals surface area contributed by atoms with Crippen LogP contribution in [0.15, 0.2) is 54.6 Å². The first-order valence-corrected chi connectivity index (χ1v) is 10.0. The molecule has 3 rings (SSSR count). The van der Waals surface area contributed by atoms with Crippen LogP contribution in [-0.2, 0) is 0 Å². The van der Waals surface area contributed by atoms with Crippen LogP contribution in [0.2, 0.25) is 0 Å². The number of nitriles is 1. The van der Waals surface area contributed by atoms with E-state index in [1.54, 1.807) is 0 Å². The molecule has 0 spiro atoms. The molecule has 4 heteroatoms. The second-order valence-electron chi connectivity index (χ2n) is 5.48. The molecular formula is C21H15I2NO. The summed E-state index contributed by atoms with van der Waals surface area (Å²) in [6.07, 6.45) is 1.93. The molecule has 3 aromatic rings. The van der Waals surface area contributed by atoms with Crippen LogP contribution in [-0.4, -0.2) is 6.61 Å². The van der Waals surface area contributed by atoms with E-state index in [4.69, 9.17) is 4.74 Å². The summed E-state index contributed by atoms with van der Waals surface area (Å²) in [5, 5.41) is 12.0. The molecule has 0 saturated carbocycles. The Kier molecular flexibility index (Phi) is 5.97. The van der Waals surface area contributed by atoms with Crippen molar-refractivity contribution in [1.82, 2.24) is 0 Å². The molecule has 0 aromatic heterocycles. The molecule has 3 aromatic carbocycles. The van der Waals surface area contributed by atoms with Crippen molar-refractivity contribution in [2.24, 2.45) is 0 Å². The first-order valence-electron chi connectivity index (χ1n) is 7.85. The topological polar surface area (TPSA) is 33.0 Å². The van der Waals surface area contributed by atoms with E-state index in [1.807, 2.05) is 43.3 Å². The van der Waals surface area contributed by atoms with Crippen LogP contribution >= 0.6 is 45.2 Å². The second kappa shape index (κ2) is 8.19. The van der Waals surface area contributed by atoms with E-state index >= 15 is 0 Å². The predicted octanol–water partition coefficient (Wildman–Crippen LogP) is 6.51. The number of rotatable bonds is 4. The lowest BCUT2D eigenvalue weighted by atomic mass is 10.0. The van der Waals surface area contributed by atoms with Crippen molar-refractivity contribution < 1.29 is 4.74 Å². The van der Waals surface area contributed by atoms with Crippen LogP contribution in [0.4, 0.5) is 0 Å². The van der Waals surface area contributed by atoms with E-state index in [1.165, 1.54) is 5.39 Å². The van der Waals surface area contributed by atoms with Gasteiger partial charge in [-0.15, -0.1) is 0 Å². The molecule has 25 heavy (non-hydrogen) atoms. The first kappa shape index (κ1) is 18.2. The molecule has 0 aliphatic rings. The van der Waals surface area contributed by atoms with E-state index in [9.17, 15) is 5.26 Å². The van der Waals surface area contributed by atoms with E-state index in [-0.39, 0.29) is 0 Å². The highest BCUT2D eigenvalue weighted by Gasteiger charge is 2.09. The van der Waals surface area contributed by atoms with E-state index in [0.29, 0.717) is 12.2 Å². The van der Waals surface area contributed by atoms with Gasteiger partial charge in [-0.05, 0) is 98.3 Å². The molecule has 0 aliphatic carbocycles. The van der Waals surface area contributed by atoms with Gasteiger partial charge in [0.25, 0.3) is 0 Å². The SMILES string of the molecule is CCOc1c(I)cc(/C=C(/C#N)c2ccc3ccccc3c2)cc1I. The number of nitrogens with zero attached hydrogens (tertiary/aromatic N) is 1. The van der Waals surface area contributed by atoms with Gasteiger partial charge in [-0.2, -0.15) is 5.26 Å². The molecule has 0 heterocycles. The molecular weight excluding hydrogens is 536 g/mol. The maximum Gasteiger partial charge on any atom is 0.145 e. The van der Waals surface area contributed by atoms with Crippen LogP contribution in [0, 0.1) is 18.5 Å². The van der Waals surface area contributed by atoms with Gasteiger partial charge in [-0.3, -0.25) is 0 Å². The molecule has 0 saturated heterocycles. The van der Waals surface area contributed by atoms with Crippen molar-refractivity contribution in [2.75, 3.05) is 6.61 Å². The standard InChI is InChI=1S/C21H15I2NO/c1-2-25-21-19(22)10-14(11-20(21)23)9-18(13-24)17-8-7-15-5-3-4-6-16(15)12-17/h3-12H,2H2,1H3/b18-9-. The average molecular weight is 551 g/mol. The third kappa shape index (κ3) is 4.15. The van der Waals surface area contributed by atoms with Gasteiger partial charge >= 0.3 is 0 Å². The Morgan fingerprint density at radius 1 is 1.04 bits per heavy atom. The maximum absolute atomic E-state index is 9.64. The lowest BCUT2D eigenvalue weighted by Crippen LogP contribution is -1.97. The summed E-state index contributed by atoms with van der Waals surface area (Å²) in [5.74, 6) is 0.907. The minimum atomic E-state index is 0.641. The normalized spacial score (nSPS) is 11.4. The summed E-state index contributed by atoms with van der Waals surface area (Å²) in [4.78, 5) is 0. The number of hydrogen-bond acceptors (Lipinski definition) is 2. The van der Waals surface area contributed by atoms with Crippen molar-refractivity contribution in [3.63, 3.8) is 0 Å². The van der Waals surface area contributed by atoms with Crippen molar-refractivity contribution in [2.45, 2.75) is 6.92 Å². The van der Waals surface area contributed by atoms with Crippen LogP contribution in [0.3, 0.4) is 0 Å². The zero-order valence-electron chi connectivity index (χ0n) is 13.6. The Morgan fingerprint density at radius 3 is 2.36 bits per heavy atom. The smallest absolute Gasteiger partial charge is 0.145 e. The van der Waals surface area contributed by atoms with Gasteiger partial charge in [0.15, 0.2) is 0 Å². The summed E-state index contributed by atoms with van der Waals surface area (Å²) in [6.45, 7) is 2.62. The Hall–Kier alpha value is -1.59. The van der Waals surface area contributed by atoms with Crippen LogP contribution in [0.1, 0.15) is 18.1 Å². The minimum absolute atomic E-state index is 0.641. The van der Waals surface area contributed by atoms with Crippen LogP contribution < -0.4 is 4.74 Å². The zero-order chi connectivity index (χ0) is 17.8. The van der Waals surface area contributed by atoms with Gasteiger partial charge in [-0.1, -0.05) is 36.4 Å². The second-order valence-corrected chi connectivity index (χ2v) is 7.80. The van der Waals surface area contributed by atoms with Gasteiger partial charge in [0.05, 0.1) is 25.4 Å². The molecule has 0 bridgehead atoms. The molecule has 0 N–H and O–H groups in total. The van der Waals surface area contributed by atoms with Crippen molar-refractivity contribution in [1.29, 1.82) is 5.26 Å². The van der Waals surface area contributed by atoms with E-state index in [0.717, 1.165) is 29.4 Å². The summed E-state index contributed by atoms with van der Waals surface area (Å²) >= 11 is 4.56. The number of allylic oxidation sites excluding steroid dienone is 1. The molecule has 0 atom stereocenters. The van der Waals surface area contributed by atoms with Crippen LogP contribution in [0.25, 0.3) is 22.4 Å². The summed E-state index contributed by atoms with van der Waals surface area (Å²) < 4.78 is 7.78. The lowest BCUT2D eigenvalue weighted by molar-refractivity contribution is 0.335. The van der Waals surface area contributed by atoms with Crippen molar-refractivity contribution in [3.8, 4) is 11.8 Å². The van der Waals surface area contributed by atoms with E-state index in [2.05, 4.69) is 75.5 Å². The third-order valence-corrected chi connectivity index (χ3v) is 5.40.